The predicted molar refractivity (Wildman–Crippen MR) is 99.7 cm³/mol. The summed E-state index contributed by atoms with van der Waals surface area (Å²) < 4.78 is 0. The zero-order chi connectivity index (χ0) is 17.7. The first-order chi connectivity index (χ1) is 11.4. The molecule has 7 nitrogen and oxygen atoms in total. The lowest BCUT2D eigenvalue weighted by molar-refractivity contribution is -0.125. The average Bonchev–Trinajstić information content (AvgIpc) is 2.98. The lowest BCUT2D eigenvalue weighted by atomic mass is 10.1. The Kier molecular flexibility index (Phi) is 7.86. The van der Waals surface area contributed by atoms with Crippen LogP contribution in [0.5, 0.6) is 0 Å². The lowest BCUT2D eigenvalue weighted by Crippen LogP contribution is -2.46. The molecule has 1 aliphatic rings. The summed E-state index contributed by atoms with van der Waals surface area (Å²) in [6.45, 7) is 4.23. The Morgan fingerprint density at radius 2 is 2.04 bits per heavy atom. The Morgan fingerprint density at radius 1 is 1.32 bits per heavy atom. The number of nitrogens with zero attached hydrogens (tertiary/aromatic N) is 1. The number of benzene rings is 1. The highest BCUT2D eigenvalue weighted by Crippen LogP contribution is 2.24. The van der Waals surface area contributed by atoms with Crippen molar-refractivity contribution in [3.63, 3.8) is 0 Å². The summed E-state index contributed by atoms with van der Waals surface area (Å²) in [7, 11) is 0. The topological polar surface area (TPSA) is 105 Å². The van der Waals surface area contributed by atoms with Crippen molar-refractivity contribution in [3.05, 3.63) is 24.3 Å². The summed E-state index contributed by atoms with van der Waals surface area (Å²) in [5, 5.41) is 5.23. The van der Waals surface area contributed by atoms with Crippen molar-refractivity contribution < 1.29 is 14.4 Å². The van der Waals surface area contributed by atoms with E-state index in [1.54, 1.807) is 23.1 Å². The molecule has 1 saturated heterocycles. The minimum absolute atomic E-state index is 0. The number of nitrogens with one attached hydrogen (secondary N) is 2. The average molecular weight is 369 g/mol. The molecule has 0 spiro atoms. The summed E-state index contributed by atoms with van der Waals surface area (Å²) in [5.74, 6) is -0.600. The smallest absolute Gasteiger partial charge is 0.243 e. The second kappa shape index (κ2) is 9.39. The monoisotopic (exact) mass is 368 g/mol. The van der Waals surface area contributed by atoms with Gasteiger partial charge in [0.25, 0.3) is 0 Å². The maximum absolute atomic E-state index is 12.0. The van der Waals surface area contributed by atoms with E-state index in [0.717, 1.165) is 12.1 Å². The third-order valence-electron chi connectivity index (χ3n) is 3.96. The van der Waals surface area contributed by atoms with Crippen LogP contribution in [0, 0.1) is 5.92 Å². The number of amides is 3. The molecule has 0 radical (unpaired) electrons. The van der Waals surface area contributed by atoms with Gasteiger partial charge in [-0.1, -0.05) is 19.9 Å². The number of halogens is 1. The molecule has 1 aromatic rings. The van der Waals surface area contributed by atoms with Crippen LogP contribution in [-0.4, -0.2) is 36.9 Å². The van der Waals surface area contributed by atoms with Gasteiger partial charge in [0.15, 0.2) is 0 Å². The molecular weight excluding hydrogens is 344 g/mol. The van der Waals surface area contributed by atoms with Crippen molar-refractivity contribution in [1.82, 2.24) is 5.32 Å². The molecule has 2 rings (SSSR count). The van der Waals surface area contributed by atoms with Crippen LogP contribution in [0.2, 0.25) is 0 Å². The molecule has 1 atom stereocenters. The van der Waals surface area contributed by atoms with Crippen LogP contribution in [0.3, 0.4) is 0 Å². The number of carbonyl (C=O) groups is 3. The standard InChI is InChI=1S/C17H24N4O3.ClH/c1-11(2)16(18)17(24)19-10-14(22)20-12-5-3-6-13(9-12)21-8-4-7-15(21)23;/h3,5-6,9,11,16H,4,7-8,10,18H2,1-2H3,(H,19,24)(H,20,22);1H/t16-;/m0./s1. The van der Waals surface area contributed by atoms with Crippen molar-refractivity contribution in [3.8, 4) is 0 Å². The normalized spacial score (nSPS) is 14.9. The molecule has 138 valence electrons. The van der Waals surface area contributed by atoms with Crippen LogP contribution in [0.15, 0.2) is 24.3 Å². The Balaban J connectivity index is 0.00000312. The first kappa shape index (κ1) is 20.9. The van der Waals surface area contributed by atoms with Crippen LogP contribution in [0.1, 0.15) is 26.7 Å². The zero-order valence-corrected chi connectivity index (χ0v) is 15.3. The van der Waals surface area contributed by atoms with Crippen molar-refractivity contribution in [2.24, 2.45) is 11.7 Å². The molecule has 1 aliphatic heterocycles. The first-order valence-corrected chi connectivity index (χ1v) is 8.12. The summed E-state index contributed by atoms with van der Waals surface area (Å²) in [5.41, 5.74) is 7.07. The van der Waals surface area contributed by atoms with Crippen molar-refractivity contribution in [1.29, 1.82) is 0 Å². The zero-order valence-electron chi connectivity index (χ0n) is 14.5. The van der Waals surface area contributed by atoms with E-state index in [4.69, 9.17) is 5.73 Å². The minimum Gasteiger partial charge on any atom is -0.346 e. The largest absolute Gasteiger partial charge is 0.346 e. The van der Waals surface area contributed by atoms with E-state index in [1.165, 1.54) is 0 Å². The second-order valence-electron chi connectivity index (χ2n) is 6.24. The molecule has 25 heavy (non-hydrogen) atoms. The van der Waals surface area contributed by atoms with Gasteiger partial charge in [-0.2, -0.15) is 0 Å². The molecule has 0 aliphatic carbocycles. The molecule has 0 saturated carbocycles. The van der Waals surface area contributed by atoms with Gasteiger partial charge in [-0.05, 0) is 30.5 Å². The van der Waals surface area contributed by atoms with Gasteiger partial charge in [-0.15, -0.1) is 12.4 Å². The van der Waals surface area contributed by atoms with Gasteiger partial charge in [0.2, 0.25) is 17.7 Å². The van der Waals surface area contributed by atoms with Gasteiger partial charge in [0.05, 0.1) is 12.6 Å². The van der Waals surface area contributed by atoms with Crippen LogP contribution in [0.4, 0.5) is 11.4 Å². The van der Waals surface area contributed by atoms with Gasteiger partial charge in [0, 0.05) is 24.3 Å². The van der Waals surface area contributed by atoms with E-state index in [1.807, 2.05) is 19.9 Å². The van der Waals surface area contributed by atoms with Gasteiger partial charge in [-0.25, -0.2) is 0 Å². The van der Waals surface area contributed by atoms with E-state index < -0.39 is 6.04 Å². The molecule has 4 N–H and O–H groups in total. The van der Waals surface area contributed by atoms with Crippen LogP contribution < -0.4 is 21.3 Å². The number of hydrogen-bond acceptors (Lipinski definition) is 4. The van der Waals surface area contributed by atoms with Crippen LogP contribution in [0.25, 0.3) is 0 Å². The molecule has 0 bridgehead atoms. The summed E-state index contributed by atoms with van der Waals surface area (Å²) in [6, 6.07) is 6.47. The minimum atomic E-state index is -0.637. The molecule has 3 amide bonds. The maximum atomic E-state index is 12.0. The van der Waals surface area contributed by atoms with E-state index in [2.05, 4.69) is 10.6 Å². The first-order valence-electron chi connectivity index (χ1n) is 8.12. The predicted octanol–water partition coefficient (Wildman–Crippen LogP) is 1.27. The molecule has 0 aromatic heterocycles. The third kappa shape index (κ3) is 5.72. The van der Waals surface area contributed by atoms with Gasteiger partial charge >= 0.3 is 0 Å². The van der Waals surface area contributed by atoms with E-state index >= 15 is 0 Å². The molecule has 8 heteroatoms. The molecule has 1 heterocycles. The SMILES string of the molecule is CC(C)[C@H](N)C(=O)NCC(=O)Nc1cccc(N2CCCC2=O)c1.Cl. The van der Waals surface area contributed by atoms with E-state index in [0.29, 0.717) is 18.7 Å². The van der Waals surface area contributed by atoms with Crippen molar-refractivity contribution in [2.45, 2.75) is 32.7 Å². The number of carbonyl (C=O) groups excluding carboxylic acids is 3. The molecule has 1 aromatic carbocycles. The Morgan fingerprint density at radius 3 is 2.64 bits per heavy atom. The number of hydrogen-bond donors (Lipinski definition) is 3. The van der Waals surface area contributed by atoms with Crippen LogP contribution >= 0.6 is 12.4 Å². The Bertz CT molecular complexity index is 636. The Hall–Kier alpha value is -2.12. The van der Waals surface area contributed by atoms with E-state index in [9.17, 15) is 14.4 Å². The van der Waals surface area contributed by atoms with Crippen LogP contribution in [-0.2, 0) is 14.4 Å². The highest BCUT2D eigenvalue weighted by molar-refractivity contribution is 5.98. The third-order valence-corrected chi connectivity index (χ3v) is 3.96. The fourth-order valence-electron chi connectivity index (χ4n) is 2.47. The fourth-order valence-corrected chi connectivity index (χ4v) is 2.47. The Labute approximate surface area is 153 Å². The van der Waals surface area contributed by atoms with Gasteiger partial charge in [-0.3, -0.25) is 14.4 Å². The number of rotatable bonds is 6. The lowest BCUT2D eigenvalue weighted by Gasteiger charge is -2.17. The fraction of sp³-hybridized carbons (Fsp3) is 0.471. The summed E-state index contributed by atoms with van der Waals surface area (Å²) in [6.07, 6.45) is 1.40. The number of nitrogens with two attached hydrogens (primary N) is 1. The summed E-state index contributed by atoms with van der Waals surface area (Å²) >= 11 is 0. The molecular formula is C17H25ClN4O3. The van der Waals surface area contributed by atoms with Crippen molar-refractivity contribution >= 4 is 41.5 Å². The summed E-state index contributed by atoms with van der Waals surface area (Å²) in [4.78, 5) is 37.2. The second-order valence-corrected chi connectivity index (χ2v) is 6.24. The molecule has 1 fully saturated rings. The maximum Gasteiger partial charge on any atom is 0.243 e. The highest BCUT2D eigenvalue weighted by Gasteiger charge is 2.22. The highest BCUT2D eigenvalue weighted by atomic mass is 35.5. The number of anilines is 2. The van der Waals surface area contributed by atoms with Crippen molar-refractivity contribution in [2.75, 3.05) is 23.3 Å². The van der Waals surface area contributed by atoms with Gasteiger partial charge in [0.1, 0.15) is 0 Å². The quantitative estimate of drug-likeness (QED) is 0.703. The van der Waals surface area contributed by atoms with Gasteiger partial charge < -0.3 is 21.3 Å². The molecule has 0 unspecified atom stereocenters. The van der Waals surface area contributed by atoms with E-state index in [-0.39, 0.29) is 42.6 Å².